The molecule has 1 atom stereocenters. The fraction of sp³-hybridized carbons (Fsp3) is 0.579. The van der Waals surface area contributed by atoms with E-state index in [0.29, 0.717) is 11.3 Å². The van der Waals surface area contributed by atoms with Crippen LogP contribution in [0, 0.1) is 0 Å². The molecule has 1 rings (SSSR count). The van der Waals surface area contributed by atoms with Gasteiger partial charge in [0.25, 0.3) is 0 Å². The van der Waals surface area contributed by atoms with Crippen molar-refractivity contribution < 1.29 is 28.2 Å². The van der Waals surface area contributed by atoms with Gasteiger partial charge < -0.3 is 19.5 Å². The fourth-order valence-electron chi connectivity index (χ4n) is 1.98. The Kier molecular flexibility index (Phi) is 7.41. The lowest BCUT2D eigenvalue weighted by Gasteiger charge is -2.26. The topological polar surface area (TPSA) is 73.9 Å². The number of rotatable bonds is 6. The van der Waals surface area contributed by atoms with E-state index in [0.717, 1.165) is 0 Å². The summed E-state index contributed by atoms with van der Waals surface area (Å²) < 4.78 is 28.0. The van der Waals surface area contributed by atoms with Crippen LogP contribution in [0.25, 0.3) is 0 Å². The molecule has 0 aliphatic carbocycles. The number of carbonyl (C=O) groups excluding carboxylic acids is 2. The summed E-state index contributed by atoms with van der Waals surface area (Å²) in [4.78, 5) is 24.7. The quantitative estimate of drug-likeness (QED) is 0.769. The van der Waals surface area contributed by atoms with E-state index in [1.54, 1.807) is 65.8 Å². The van der Waals surface area contributed by atoms with Gasteiger partial charge in [-0.2, -0.15) is 0 Å². The van der Waals surface area contributed by atoms with Crippen molar-refractivity contribution in [2.24, 2.45) is 0 Å². The van der Waals surface area contributed by atoms with Crippen molar-refractivity contribution >= 4 is 12.1 Å². The lowest BCUT2D eigenvalue weighted by molar-refractivity contribution is -0.157. The number of esters is 1. The van der Waals surface area contributed by atoms with Crippen molar-refractivity contribution in [2.45, 2.75) is 58.8 Å². The maximum Gasteiger partial charge on any atom is 0.408 e. The van der Waals surface area contributed by atoms with Crippen LogP contribution in [0.1, 0.15) is 53.1 Å². The molecule has 1 N–H and O–H groups in total. The van der Waals surface area contributed by atoms with Gasteiger partial charge in [-0.15, -0.1) is 0 Å². The van der Waals surface area contributed by atoms with Gasteiger partial charge in [0.2, 0.25) is 0 Å². The molecule has 0 heterocycles. The van der Waals surface area contributed by atoms with Crippen LogP contribution in [-0.4, -0.2) is 36.5 Å². The van der Waals surface area contributed by atoms with Crippen LogP contribution in [0.2, 0.25) is 0 Å². The fourth-order valence-corrected chi connectivity index (χ4v) is 1.98. The standard InChI is InChI=1S/C19H28FNO5/c1-18(2,3)25-16(22)15(21-17(23)26-19(4,5)6)13-7-9-14(10-8-13)24-12-11-20/h7-10,15H,11-12H2,1-6H3,(H,21,23). The summed E-state index contributed by atoms with van der Waals surface area (Å²) in [5.74, 6) is -0.146. The van der Waals surface area contributed by atoms with Crippen molar-refractivity contribution in [2.75, 3.05) is 13.3 Å². The third-order valence-corrected chi connectivity index (χ3v) is 2.86. The molecule has 7 heteroatoms. The van der Waals surface area contributed by atoms with Crippen LogP contribution in [0.5, 0.6) is 5.75 Å². The summed E-state index contributed by atoms with van der Waals surface area (Å²) in [7, 11) is 0. The zero-order valence-electron chi connectivity index (χ0n) is 16.2. The third-order valence-electron chi connectivity index (χ3n) is 2.86. The summed E-state index contributed by atoms with van der Waals surface area (Å²) in [6.07, 6.45) is -0.730. The molecule has 0 aliphatic rings. The number of amides is 1. The summed E-state index contributed by atoms with van der Waals surface area (Å²) >= 11 is 0. The molecule has 0 spiro atoms. The Hall–Kier alpha value is -2.31. The molecule has 0 saturated carbocycles. The van der Waals surface area contributed by atoms with Gasteiger partial charge in [-0.1, -0.05) is 12.1 Å². The first kappa shape index (κ1) is 21.7. The van der Waals surface area contributed by atoms with Crippen LogP contribution in [0.4, 0.5) is 9.18 Å². The predicted octanol–water partition coefficient (Wildman–Crippen LogP) is 3.94. The zero-order valence-corrected chi connectivity index (χ0v) is 16.2. The number of halogens is 1. The largest absolute Gasteiger partial charge is 0.491 e. The van der Waals surface area contributed by atoms with Crippen LogP contribution < -0.4 is 10.1 Å². The number of hydrogen-bond donors (Lipinski definition) is 1. The highest BCUT2D eigenvalue weighted by Crippen LogP contribution is 2.22. The van der Waals surface area contributed by atoms with Gasteiger partial charge in [0.05, 0.1) is 0 Å². The highest BCUT2D eigenvalue weighted by Gasteiger charge is 2.30. The second-order valence-electron chi connectivity index (χ2n) is 7.72. The molecule has 6 nitrogen and oxygen atoms in total. The number of carbonyl (C=O) groups is 2. The Morgan fingerprint density at radius 3 is 2.00 bits per heavy atom. The van der Waals surface area contributed by atoms with E-state index in [9.17, 15) is 14.0 Å². The molecule has 1 amide bonds. The molecule has 0 saturated heterocycles. The minimum Gasteiger partial charge on any atom is -0.491 e. The van der Waals surface area contributed by atoms with Gasteiger partial charge >= 0.3 is 12.1 Å². The van der Waals surface area contributed by atoms with E-state index in [1.807, 2.05) is 0 Å². The van der Waals surface area contributed by atoms with E-state index in [1.165, 1.54) is 0 Å². The van der Waals surface area contributed by atoms with Gasteiger partial charge in [0, 0.05) is 0 Å². The molecule has 1 unspecified atom stereocenters. The van der Waals surface area contributed by atoms with Crippen molar-refractivity contribution in [3.8, 4) is 5.75 Å². The Balaban J connectivity index is 2.99. The Morgan fingerprint density at radius 1 is 1.00 bits per heavy atom. The average molecular weight is 369 g/mol. The summed E-state index contributed by atoms with van der Waals surface area (Å²) in [6, 6.07) is 5.37. The summed E-state index contributed by atoms with van der Waals surface area (Å²) in [5.41, 5.74) is -0.917. The van der Waals surface area contributed by atoms with E-state index < -0.39 is 36.0 Å². The smallest absolute Gasteiger partial charge is 0.408 e. The van der Waals surface area contributed by atoms with Crippen molar-refractivity contribution in [1.29, 1.82) is 0 Å². The van der Waals surface area contributed by atoms with Crippen molar-refractivity contribution in [3.63, 3.8) is 0 Å². The highest BCUT2D eigenvalue weighted by molar-refractivity contribution is 5.83. The first-order valence-electron chi connectivity index (χ1n) is 8.42. The minimum absolute atomic E-state index is 0.0506. The molecule has 1 aromatic carbocycles. The highest BCUT2D eigenvalue weighted by atomic mass is 19.1. The molecule has 1 aromatic rings. The molecule has 0 fully saturated rings. The maximum atomic E-state index is 12.5. The van der Waals surface area contributed by atoms with E-state index in [-0.39, 0.29) is 6.61 Å². The monoisotopic (exact) mass is 369 g/mol. The normalized spacial score (nSPS) is 12.9. The zero-order chi connectivity index (χ0) is 20.0. The van der Waals surface area contributed by atoms with Crippen molar-refractivity contribution in [1.82, 2.24) is 5.32 Å². The molecule has 0 aromatic heterocycles. The number of alkyl halides is 1. The lowest BCUT2D eigenvalue weighted by Crippen LogP contribution is -2.40. The van der Waals surface area contributed by atoms with E-state index >= 15 is 0 Å². The van der Waals surface area contributed by atoms with E-state index in [4.69, 9.17) is 14.2 Å². The second-order valence-corrected chi connectivity index (χ2v) is 7.72. The molecule has 26 heavy (non-hydrogen) atoms. The lowest BCUT2D eigenvalue weighted by atomic mass is 10.1. The Labute approximate surface area is 154 Å². The van der Waals surface area contributed by atoms with Gasteiger partial charge in [-0.25, -0.2) is 14.0 Å². The third kappa shape index (κ3) is 8.18. The van der Waals surface area contributed by atoms with Crippen molar-refractivity contribution in [3.05, 3.63) is 29.8 Å². The molecule has 146 valence electrons. The van der Waals surface area contributed by atoms with Crippen LogP contribution in [0.3, 0.4) is 0 Å². The summed E-state index contributed by atoms with van der Waals surface area (Å²) in [6.45, 7) is 9.76. The molecular weight excluding hydrogens is 341 g/mol. The number of nitrogens with one attached hydrogen (secondary N) is 1. The number of hydrogen-bond acceptors (Lipinski definition) is 5. The first-order chi connectivity index (χ1) is 11.9. The van der Waals surface area contributed by atoms with Crippen LogP contribution >= 0.6 is 0 Å². The Bertz CT molecular complexity index is 602. The number of benzene rings is 1. The maximum absolute atomic E-state index is 12.5. The van der Waals surface area contributed by atoms with Crippen LogP contribution in [-0.2, 0) is 14.3 Å². The van der Waals surface area contributed by atoms with Gasteiger partial charge in [-0.3, -0.25) is 0 Å². The van der Waals surface area contributed by atoms with Crippen LogP contribution in [0.15, 0.2) is 24.3 Å². The first-order valence-corrected chi connectivity index (χ1v) is 8.42. The van der Waals surface area contributed by atoms with Gasteiger partial charge in [-0.05, 0) is 59.2 Å². The number of ether oxygens (including phenoxy) is 3. The van der Waals surface area contributed by atoms with E-state index in [2.05, 4.69) is 5.32 Å². The number of alkyl carbamates (subject to hydrolysis) is 1. The Morgan fingerprint density at radius 2 is 1.54 bits per heavy atom. The second kappa shape index (κ2) is 8.87. The van der Waals surface area contributed by atoms with Gasteiger partial charge in [0.1, 0.15) is 30.2 Å². The summed E-state index contributed by atoms with van der Waals surface area (Å²) in [5, 5.41) is 2.54. The molecular formula is C19H28FNO5. The SMILES string of the molecule is CC(C)(C)OC(=O)NC(C(=O)OC(C)(C)C)c1ccc(OCCF)cc1. The average Bonchev–Trinajstić information content (AvgIpc) is 2.47. The minimum atomic E-state index is -1.04. The molecule has 0 bridgehead atoms. The predicted molar refractivity (Wildman–Crippen MR) is 95.9 cm³/mol. The van der Waals surface area contributed by atoms with Gasteiger partial charge in [0.15, 0.2) is 6.04 Å². The molecule has 0 radical (unpaired) electrons. The molecule has 0 aliphatic heterocycles.